The maximum atomic E-state index is 5.47. The predicted molar refractivity (Wildman–Crippen MR) is 105 cm³/mol. The van der Waals surface area contributed by atoms with Gasteiger partial charge in [0.1, 0.15) is 0 Å². The maximum absolute atomic E-state index is 5.47. The van der Waals surface area contributed by atoms with Gasteiger partial charge in [-0.25, -0.2) is 0 Å². The number of hydrogen-bond donors (Lipinski definition) is 0. The van der Waals surface area contributed by atoms with Crippen LogP contribution in [-0.4, -0.2) is 47.5 Å². The minimum Gasteiger partial charge on any atom is -0.369 e. The van der Waals surface area contributed by atoms with Crippen LogP contribution in [-0.2, 0) is 6.54 Å². The lowest BCUT2D eigenvalue weighted by Crippen LogP contribution is -2.46. The third-order valence-electron chi connectivity index (χ3n) is 4.67. The molecule has 1 aromatic heterocycles. The SMILES string of the molecule is CSc1ccc(-c2noc(CN3CCN(c4ccccc4)CC3)n2)cc1. The quantitative estimate of drug-likeness (QED) is 0.641. The fourth-order valence-corrected chi connectivity index (χ4v) is 3.58. The van der Waals surface area contributed by atoms with Crippen molar-refractivity contribution in [3.63, 3.8) is 0 Å². The van der Waals surface area contributed by atoms with Gasteiger partial charge < -0.3 is 9.42 Å². The lowest BCUT2D eigenvalue weighted by Gasteiger charge is -2.35. The van der Waals surface area contributed by atoms with E-state index in [1.54, 1.807) is 11.8 Å². The van der Waals surface area contributed by atoms with Crippen LogP contribution in [0.3, 0.4) is 0 Å². The highest BCUT2D eigenvalue weighted by molar-refractivity contribution is 7.98. The molecule has 0 aliphatic carbocycles. The lowest BCUT2D eigenvalue weighted by molar-refractivity contribution is 0.215. The Morgan fingerprint density at radius 3 is 2.38 bits per heavy atom. The molecular formula is C20H22N4OS. The van der Waals surface area contributed by atoms with Gasteiger partial charge in [-0.05, 0) is 42.7 Å². The largest absolute Gasteiger partial charge is 0.369 e. The molecule has 0 spiro atoms. The molecule has 0 N–H and O–H groups in total. The van der Waals surface area contributed by atoms with E-state index in [-0.39, 0.29) is 0 Å². The van der Waals surface area contributed by atoms with Crippen LogP contribution in [0.2, 0.25) is 0 Å². The van der Waals surface area contributed by atoms with Crippen molar-refractivity contribution < 1.29 is 4.52 Å². The summed E-state index contributed by atoms with van der Waals surface area (Å²) in [6.07, 6.45) is 2.07. The van der Waals surface area contributed by atoms with Crippen molar-refractivity contribution in [2.24, 2.45) is 0 Å². The molecule has 3 aromatic rings. The number of nitrogens with zero attached hydrogens (tertiary/aromatic N) is 4. The standard InChI is InChI=1S/C20H22N4OS/c1-26-18-9-7-16(8-10-18)20-21-19(25-22-20)15-23-11-13-24(14-12-23)17-5-3-2-4-6-17/h2-10H,11-15H2,1H3. The number of piperazine rings is 1. The maximum Gasteiger partial charge on any atom is 0.241 e. The number of rotatable bonds is 5. The molecule has 2 aromatic carbocycles. The van der Waals surface area contributed by atoms with Crippen LogP contribution in [0.25, 0.3) is 11.4 Å². The summed E-state index contributed by atoms with van der Waals surface area (Å²) in [5.74, 6) is 1.35. The highest BCUT2D eigenvalue weighted by Gasteiger charge is 2.19. The van der Waals surface area contributed by atoms with Crippen molar-refractivity contribution >= 4 is 17.4 Å². The highest BCUT2D eigenvalue weighted by atomic mass is 32.2. The Bertz CT molecular complexity index is 827. The molecule has 1 saturated heterocycles. The Morgan fingerprint density at radius 2 is 1.69 bits per heavy atom. The topological polar surface area (TPSA) is 45.4 Å². The van der Waals surface area contributed by atoms with Crippen LogP contribution in [0.5, 0.6) is 0 Å². The summed E-state index contributed by atoms with van der Waals surface area (Å²) < 4.78 is 5.47. The molecule has 26 heavy (non-hydrogen) atoms. The fraction of sp³-hybridized carbons (Fsp3) is 0.300. The molecule has 0 atom stereocenters. The Kier molecular flexibility index (Phi) is 5.22. The van der Waals surface area contributed by atoms with Crippen molar-refractivity contribution in [2.75, 3.05) is 37.3 Å². The normalized spacial score (nSPS) is 15.3. The third-order valence-corrected chi connectivity index (χ3v) is 5.41. The van der Waals surface area contributed by atoms with Crippen LogP contribution in [0, 0.1) is 0 Å². The molecule has 0 saturated carbocycles. The zero-order chi connectivity index (χ0) is 17.8. The van der Waals surface area contributed by atoms with Crippen molar-refractivity contribution in [3.8, 4) is 11.4 Å². The van der Waals surface area contributed by atoms with Gasteiger partial charge in [-0.1, -0.05) is 23.4 Å². The number of aromatic nitrogens is 2. The first-order chi connectivity index (χ1) is 12.8. The van der Waals surface area contributed by atoms with Crippen molar-refractivity contribution in [2.45, 2.75) is 11.4 Å². The van der Waals surface area contributed by atoms with Crippen LogP contribution >= 0.6 is 11.8 Å². The second-order valence-electron chi connectivity index (χ2n) is 6.34. The Hall–Kier alpha value is -2.31. The van der Waals surface area contributed by atoms with E-state index in [4.69, 9.17) is 4.52 Å². The summed E-state index contributed by atoms with van der Waals surface area (Å²) in [6.45, 7) is 4.73. The predicted octanol–water partition coefficient (Wildman–Crippen LogP) is 3.78. The summed E-state index contributed by atoms with van der Waals surface area (Å²) in [7, 11) is 0. The van der Waals surface area contributed by atoms with E-state index in [0.29, 0.717) is 18.3 Å². The van der Waals surface area contributed by atoms with Gasteiger partial charge in [0.2, 0.25) is 11.7 Å². The fourth-order valence-electron chi connectivity index (χ4n) is 3.17. The van der Waals surface area contributed by atoms with E-state index in [1.165, 1.54) is 10.6 Å². The molecule has 0 unspecified atom stereocenters. The molecule has 4 rings (SSSR count). The minimum atomic E-state index is 0.663. The molecule has 2 heterocycles. The monoisotopic (exact) mass is 366 g/mol. The van der Waals surface area contributed by atoms with E-state index < -0.39 is 0 Å². The smallest absolute Gasteiger partial charge is 0.241 e. The van der Waals surface area contributed by atoms with E-state index in [9.17, 15) is 0 Å². The molecule has 6 heteroatoms. The first kappa shape index (κ1) is 17.1. The summed E-state index contributed by atoms with van der Waals surface area (Å²) in [6, 6.07) is 18.8. The summed E-state index contributed by atoms with van der Waals surface area (Å²) in [4.78, 5) is 10.6. The number of hydrogen-bond acceptors (Lipinski definition) is 6. The molecule has 1 aliphatic rings. The van der Waals surface area contributed by atoms with E-state index >= 15 is 0 Å². The van der Waals surface area contributed by atoms with E-state index in [2.05, 4.69) is 68.7 Å². The molecule has 0 amide bonds. The van der Waals surface area contributed by atoms with Crippen molar-refractivity contribution in [1.29, 1.82) is 0 Å². The second-order valence-corrected chi connectivity index (χ2v) is 7.22. The van der Waals surface area contributed by atoms with Gasteiger partial charge in [-0.15, -0.1) is 11.8 Å². The number of anilines is 1. The molecule has 1 aliphatic heterocycles. The number of thioether (sulfide) groups is 1. The van der Waals surface area contributed by atoms with Gasteiger partial charge in [0, 0.05) is 42.3 Å². The zero-order valence-electron chi connectivity index (χ0n) is 14.8. The molecule has 134 valence electrons. The highest BCUT2D eigenvalue weighted by Crippen LogP contribution is 2.21. The summed E-state index contributed by atoms with van der Waals surface area (Å²) in [5.41, 5.74) is 2.28. The van der Waals surface area contributed by atoms with Crippen molar-refractivity contribution in [3.05, 3.63) is 60.5 Å². The van der Waals surface area contributed by atoms with Gasteiger partial charge in [0.15, 0.2) is 0 Å². The first-order valence-corrected chi connectivity index (χ1v) is 10.0. The van der Waals surface area contributed by atoms with Crippen LogP contribution in [0.1, 0.15) is 5.89 Å². The number of para-hydroxylation sites is 1. The van der Waals surface area contributed by atoms with E-state index in [0.717, 1.165) is 31.7 Å². The van der Waals surface area contributed by atoms with Gasteiger partial charge in [-0.3, -0.25) is 4.90 Å². The zero-order valence-corrected chi connectivity index (χ0v) is 15.7. The number of benzene rings is 2. The minimum absolute atomic E-state index is 0.663. The molecule has 5 nitrogen and oxygen atoms in total. The van der Waals surface area contributed by atoms with Crippen LogP contribution in [0.4, 0.5) is 5.69 Å². The average Bonchev–Trinajstić information content (AvgIpc) is 3.18. The molecule has 0 bridgehead atoms. The second kappa shape index (κ2) is 7.93. The Morgan fingerprint density at radius 1 is 0.962 bits per heavy atom. The van der Waals surface area contributed by atoms with Gasteiger partial charge in [0.25, 0.3) is 0 Å². The Labute approximate surface area is 158 Å². The molecule has 1 fully saturated rings. The average molecular weight is 366 g/mol. The first-order valence-electron chi connectivity index (χ1n) is 8.81. The summed E-state index contributed by atoms with van der Waals surface area (Å²) >= 11 is 1.72. The molecular weight excluding hydrogens is 344 g/mol. The van der Waals surface area contributed by atoms with Crippen LogP contribution in [0.15, 0.2) is 64.0 Å². The van der Waals surface area contributed by atoms with Gasteiger partial charge in [0.05, 0.1) is 6.54 Å². The van der Waals surface area contributed by atoms with Crippen molar-refractivity contribution in [1.82, 2.24) is 15.0 Å². The van der Waals surface area contributed by atoms with E-state index in [1.807, 2.05) is 12.1 Å². The lowest BCUT2D eigenvalue weighted by atomic mass is 10.2. The Balaban J connectivity index is 1.35. The van der Waals surface area contributed by atoms with Crippen LogP contribution < -0.4 is 4.90 Å². The van der Waals surface area contributed by atoms with Gasteiger partial charge in [-0.2, -0.15) is 4.98 Å². The third kappa shape index (κ3) is 3.92. The molecule has 0 radical (unpaired) electrons. The van der Waals surface area contributed by atoms with Gasteiger partial charge >= 0.3 is 0 Å². The summed E-state index contributed by atoms with van der Waals surface area (Å²) in [5, 5.41) is 4.14.